The third kappa shape index (κ3) is 7.05. The van der Waals surface area contributed by atoms with Crippen LogP contribution in [-0.4, -0.2) is 56.0 Å². The van der Waals surface area contributed by atoms with Crippen LogP contribution in [0.2, 0.25) is 5.28 Å². The molecule has 0 saturated heterocycles. The van der Waals surface area contributed by atoms with Gasteiger partial charge in [0.25, 0.3) is 25.9 Å². The van der Waals surface area contributed by atoms with E-state index in [1.54, 1.807) is 6.07 Å². The number of nitro groups is 1. The summed E-state index contributed by atoms with van der Waals surface area (Å²) < 4.78 is 68.7. The molecule has 6 aromatic rings. The van der Waals surface area contributed by atoms with Gasteiger partial charge in [0.1, 0.15) is 38.6 Å². The zero-order valence-corrected chi connectivity index (χ0v) is 27.4. The molecule has 0 unspecified atom stereocenters. The van der Waals surface area contributed by atoms with Gasteiger partial charge < -0.3 is 10.2 Å². The Morgan fingerprint density at radius 3 is 1.96 bits per heavy atom. The van der Waals surface area contributed by atoms with Crippen molar-refractivity contribution < 1.29 is 41.1 Å². The zero-order chi connectivity index (χ0) is 36.0. The molecule has 1 aromatic heterocycles. The van der Waals surface area contributed by atoms with Gasteiger partial charge in [-0.15, -0.1) is 10.2 Å². The van der Waals surface area contributed by atoms with Crippen molar-refractivity contribution in [2.75, 3.05) is 0 Å². The molecule has 254 valence electrons. The Morgan fingerprint density at radius 2 is 1.32 bits per heavy atom. The van der Waals surface area contributed by atoms with Crippen molar-refractivity contribution in [1.29, 1.82) is 0 Å². The molecule has 0 fully saturated rings. The topological polar surface area (TPSA) is 256 Å². The Hall–Kier alpha value is -5.66. The Labute approximate surface area is 287 Å². The van der Waals surface area contributed by atoms with Crippen LogP contribution in [-0.2, 0) is 33.1 Å². The second kappa shape index (κ2) is 13.0. The molecule has 0 bridgehead atoms. The van der Waals surface area contributed by atoms with Crippen molar-refractivity contribution in [3.8, 4) is 11.5 Å². The first-order valence-electron chi connectivity index (χ1n) is 14.1. The highest BCUT2D eigenvalue weighted by atomic mass is 35.5. The molecule has 0 amide bonds. The van der Waals surface area contributed by atoms with Crippen LogP contribution in [0.1, 0.15) is 22.8 Å². The quantitative estimate of drug-likeness (QED) is 0.0555. The lowest BCUT2D eigenvalue weighted by Gasteiger charge is -2.11. The number of nitro benzene ring substituents is 1. The minimum Gasteiger partial charge on any atom is -0.506 e. The normalized spacial score (nSPS) is 12.2. The van der Waals surface area contributed by atoms with Crippen molar-refractivity contribution in [3.05, 3.63) is 117 Å². The summed E-state index contributed by atoms with van der Waals surface area (Å²) in [5.41, 5.74) is -0.265. The first-order chi connectivity index (χ1) is 23.6. The lowest BCUT2D eigenvalue weighted by atomic mass is 10.0. The predicted molar refractivity (Wildman–Crippen MR) is 179 cm³/mol. The van der Waals surface area contributed by atoms with Gasteiger partial charge in [0.2, 0.25) is 5.28 Å². The molecule has 0 spiro atoms. The number of nitrogens with zero attached hydrogens (tertiary/aromatic N) is 6. The molecule has 6 rings (SSSR count). The lowest BCUT2D eigenvalue weighted by Crippen LogP contribution is -2.05. The maximum absolute atomic E-state index is 12.5. The number of benzene rings is 5. The average molecular weight is 737 g/mol. The van der Waals surface area contributed by atoms with E-state index >= 15 is 0 Å². The summed E-state index contributed by atoms with van der Waals surface area (Å²) in [6.07, 6.45) is 0.530. The highest BCUT2D eigenvalue weighted by molar-refractivity contribution is 7.86. The van der Waals surface area contributed by atoms with Crippen LogP contribution in [0, 0.1) is 10.1 Å². The molecule has 4 N–H and O–H groups in total. The van der Waals surface area contributed by atoms with E-state index < -0.39 is 68.9 Å². The summed E-state index contributed by atoms with van der Waals surface area (Å²) in [7, 11) is -10.1. The lowest BCUT2D eigenvalue weighted by molar-refractivity contribution is -0.384. The van der Waals surface area contributed by atoms with E-state index in [1.807, 2.05) is 30.3 Å². The molecule has 0 saturated carbocycles. The summed E-state index contributed by atoms with van der Waals surface area (Å²) >= 11 is 6.16. The van der Waals surface area contributed by atoms with Gasteiger partial charge in [-0.25, -0.2) is 15.0 Å². The number of rotatable bonds is 9. The standard InChI is InChI=1S/C31H21ClN6O10S2/c32-31-34-26(11-16-4-2-1-3-5-16)33-27(35-31)12-17-6-8-20-18(10-17)13-25(50(46,47)48)29(30(20)40)37-36-28-21-9-7-19(38(41)42)14-22(21)24(15-23(28)39)49(43,44)45/h1-10,13-15,39-40H,11-12H2,(H,43,44,45)(H,46,47,48). The fraction of sp³-hybridized carbons (Fsp3) is 0.0645. The Kier molecular flexibility index (Phi) is 8.89. The number of phenols is 2. The molecule has 0 atom stereocenters. The van der Waals surface area contributed by atoms with Crippen LogP contribution >= 0.6 is 11.6 Å². The highest BCUT2D eigenvalue weighted by Crippen LogP contribution is 2.45. The van der Waals surface area contributed by atoms with Crippen LogP contribution in [0.3, 0.4) is 0 Å². The number of fused-ring (bicyclic) bond motifs is 2. The van der Waals surface area contributed by atoms with Crippen LogP contribution in [0.4, 0.5) is 17.1 Å². The van der Waals surface area contributed by atoms with Crippen molar-refractivity contribution in [1.82, 2.24) is 15.0 Å². The van der Waals surface area contributed by atoms with Gasteiger partial charge in [-0.1, -0.05) is 48.5 Å². The van der Waals surface area contributed by atoms with Gasteiger partial charge in [0.15, 0.2) is 5.75 Å². The average Bonchev–Trinajstić information content (AvgIpc) is 3.03. The van der Waals surface area contributed by atoms with E-state index in [0.29, 0.717) is 29.7 Å². The second-order valence-corrected chi connectivity index (χ2v) is 13.9. The SMILES string of the molecule is O=[N+]([O-])c1ccc2c(N=Nc3c(S(=O)(=O)O)cc4cc(Cc5nc(Cl)nc(Cc6ccccc6)n5)ccc4c3O)c(O)cc(S(=O)(=O)O)c2c1. The van der Waals surface area contributed by atoms with E-state index in [2.05, 4.69) is 25.2 Å². The van der Waals surface area contributed by atoms with Gasteiger partial charge in [-0.05, 0) is 40.2 Å². The first kappa shape index (κ1) is 34.2. The monoisotopic (exact) mass is 736 g/mol. The van der Waals surface area contributed by atoms with Gasteiger partial charge in [-0.3, -0.25) is 19.2 Å². The predicted octanol–water partition coefficient (Wildman–Crippen LogP) is 6.24. The molecular formula is C31H21ClN6O10S2. The van der Waals surface area contributed by atoms with Crippen molar-refractivity contribution >= 4 is 70.4 Å². The first-order valence-corrected chi connectivity index (χ1v) is 17.4. The summed E-state index contributed by atoms with van der Waals surface area (Å²) in [4.78, 5) is 21.6. The summed E-state index contributed by atoms with van der Waals surface area (Å²) in [5.74, 6) is -0.852. The van der Waals surface area contributed by atoms with Gasteiger partial charge in [-0.2, -0.15) is 16.8 Å². The van der Waals surface area contributed by atoms with Gasteiger partial charge >= 0.3 is 0 Å². The maximum atomic E-state index is 12.5. The molecule has 19 heteroatoms. The Bertz CT molecular complexity index is 2620. The van der Waals surface area contributed by atoms with Crippen molar-refractivity contribution in [2.45, 2.75) is 22.6 Å². The largest absolute Gasteiger partial charge is 0.506 e. The van der Waals surface area contributed by atoms with E-state index in [9.17, 15) is 46.3 Å². The highest BCUT2D eigenvalue weighted by Gasteiger charge is 2.25. The number of aromatic nitrogens is 3. The molecular weight excluding hydrogens is 716 g/mol. The minimum absolute atomic E-state index is 0.0207. The molecule has 0 radical (unpaired) electrons. The van der Waals surface area contributed by atoms with Crippen LogP contribution in [0.5, 0.6) is 11.5 Å². The number of hydrogen-bond donors (Lipinski definition) is 4. The zero-order valence-electron chi connectivity index (χ0n) is 25.0. The smallest absolute Gasteiger partial charge is 0.296 e. The van der Waals surface area contributed by atoms with Crippen molar-refractivity contribution in [3.63, 3.8) is 0 Å². The third-order valence-corrected chi connectivity index (χ3v) is 9.36. The summed E-state index contributed by atoms with van der Waals surface area (Å²) in [6, 6.07) is 18.5. The number of hydrogen-bond acceptors (Lipinski definition) is 13. The molecule has 0 aliphatic carbocycles. The van der Waals surface area contributed by atoms with Crippen molar-refractivity contribution in [2.24, 2.45) is 10.2 Å². The van der Waals surface area contributed by atoms with Crippen LogP contribution in [0.25, 0.3) is 21.5 Å². The minimum atomic E-state index is -5.07. The Morgan fingerprint density at radius 1 is 0.700 bits per heavy atom. The number of halogens is 1. The number of aromatic hydroxyl groups is 2. The van der Waals surface area contributed by atoms with Crippen LogP contribution < -0.4 is 0 Å². The molecule has 16 nitrogen and oxygen atoms in total. The molecule has 1 heterocycles. The van der Waals surface area contributed by atoms with Gasteiger partial charge in [0, 0.05) is 47.2 Å². The molecule has 50 heavy (non-hydrogen) atoms. The number of non-ortho nitro benzene ring substituents is 1. The second-order valence-electron chi connectivity index (χ2n) is 10.8. The van der Waals surface area contributed by atoms with E-state index in [0.717, 1.165) is 29.8 Å². The fourth-order valence-electron chi connectivity index (χ4n) is 5.24. The molecule has 0 aliphatic rings. The van der Waals surface area contributed by atoms with E-state index in [1.165, 1.54) is 12.1 Å². The number of azo groups is 1. The molecule has 5 aromatic carbocycles. The number of phenolic OH excluding ortho intramolecular Hbond substituents is 2. The third-order valence-electron chi connectivity index (χ3n) is 7.43. The van der Waals surface area contributed by atoms with E-state index in [4.69, 9.17) is 11.6 Å². The maximum Gasteiger partial charge on any atom is 0.296 e. The Balaban J connectivity index is 1.42. The van der Waals surface area contributed by atoms with Crippen LogP contribution in [0.15, 0.2) is 98.9 Å². The summed E-state index contributed by atoms with van der Waals surface area (Å²) in [5, 5.41) is 40.3. The van der Waals surface area contributed by atoms with Gasteiger partial charge in [0.05, 0.1) is 4.92 Å². The fourth-order valence-corrected chi connectivity index (χ4v) is 6.80. The summed E-state index contributed by atoms with van der Waals surface area (Å²) in [6.45, 7) is 0. The van der Waals surface area contributed by atoms with E-state index in [-0.39, 0.29) is 27.9 Å². The molecule has 0 aliphatic heterocycles.